The van der Waals surface area contributed by atoms with Crippen LogP contribution in [0.25, 0.3) is 0 Å². The molecule has 1 N–H and O–H groups in total. The van der Waals surface area contributed by atoms with Crippen molar-refractivity contribution in [3.05, 3.63) is 35.4 Å². The van der Waals surface area contributed by atoms with Crippen LogP contribution in [-0.4, -0.2) is 12.6 Å². The lowest BCUT2D eigenvalue weighted by Gasteiger charge is -2.24. The second-order valence-corrected chi connectivity index (χ2v) is 5.45. The van der Waals surface area contributed by atoms with E-state index in [1.165, 1.54) is 36.8 Å². The van der Waals surface area contributed by atoms with E-state index in [2.05, 4.69) is 57.3 Å². The molecule has 0 spiro atoms. The number of nitrogens with one attached hydrogen (secondary N) is 1. The van der Waals surface area contributed by atoms with E-state index in [1.807, 2.05) is 0 Å². The van der Waals surface area contributed by atoms with Gasteiger partial charge in [0.2, 0.25) is 0 Å². The molecule has 2 unspecified atom stereocenters. The highest BCUT2D eigenvalue weighted by Crippen LogP contribution is 2.16. The van der Waals surface area contributed by atoms with Crippen LogP contribution in [0.3, 0.4) is 0 Å². The first kappa shape index (κ1) is 15.2. The van der Waals surface area contributed by atoms with E-state index in [1.54, 1.807) is 0 Å². The van der Waals surface area contributed by atoms with E-state index in [0.717, 1.165) is 12.5 Å². The van der Waals surface area contributed by atoms with Crippen molar-refractivity contribution in [1.82, 2.24) is 5.32 Å². The molecule has 0 heterocycles. The Balaban J connectivity index is 2.48. The van der Waals surface area contributed by atoms with E-state index in [9.17, 15) is 0 Å². The van der Waals surface area contributed by atoms with Gasteiger partial charge in [0.15, 0.2) is 0 Å². The SMILES string of the molecule is CCCC(C)C(CCc1ccc(C)cc1)NCC. The van der Waals surface area contributed by atoms with Crippen LogP contribution >= 0.6 is 0 Å². The number of benzene rings is 1. The molecule has 0 saturated heterocycles. The second kappa shape index (κ2) is 8.31. The predicted molar refractivity (Wildman–Crippen MR) is 81.0 cm³/mol. The van der Waals surface area contributed by atoms with Crippen LogP contribution in [0.4, 0.5) is 0 Å². The van der Waals surface area contributed by atoms with Gasteiger partial charge in [0.25, 0.3) is 0 Å². The Morgan fingerprint density at radius 2 is 1.72 bits per heavy atom. The molecule has 0 aliphatic heterocycles. The highest BCUT2D eigenvalue weighted by Gasteiger charge is 2.15. The Hall–Kier alpha value is -0.820. The lowest BCUT2D eigenvalue weighted by Crippen LogP contribution is -2.35. The Morgan fingerprint density at radius 3 is 2.28 bits per heavy atom. The highest BCUT2D eigenvalue weighted by molar-refractivity contribution is 5.21. The van der Waals surface area contributed by atoms with Crippen molar-refractivity contribution in [2.24, 2.45) is 5.92 Å². The zero-order valence-electron chi connectivity index (χ0n) is 12.5. The van der Waals surface area contributed by atoms with Crippen LogP contribution in [0, 0.1) is 12.8 Å². The predicted octanol–water partition coefficient (Wildman–Crippen LogP) is 4.34. The fourth-order valence-electron chi connectivity index (χ4n) is 2.58. The molecule has 1 nitrogen and oxygen atoms in total. The molecule has 1 aromatic rings. The molecular formula is C17H29N. The van der Waals surface area contributed by atoms with Crippen LogP contribution < -0.4 is 5.32 Å². The Labute approximate surface area is 113 Å². The number of hydrogen-bond donors (Lipinski definition) is 1. The van der Waals surface area contributed by atoms with Gasteiger partial charge in [0.05, 0.1) is 0 Å². The monoisotopic (exact) mass is 247 g/mol. The third-order valence-corrected chi connectivity index (χ3v) is 3.76. The molecule has 0 aliphatic rings. The third kappa shape index (κ3) is 5.22. The molecule has 1 heteroatoms. The third-order valence-electron chi connectivity index (χ3n) is 3.76. The molecule has 0 aromatic heterocycles. The van der Waals surface area contributed by atoms with E-state index in [4.69, 9.17) is 0 Å². The van der Waals surface area contributed by atoms with E-state index >= 15 is 0 Å². The summed E-state index contributed by atoms with van der Waals surface area (Å²) in [5.41, 5.74) is 2.81. The van der Waals surface area contributed by atoms with Gasteiger partial charge in [-0.3, -0.25) is 0 Å². The minimum absolute atomic E-state index is 0.663. The topological polar surface area (TPSA) is 12.0 Å². The fraction of sp³-hybridized carbons (Fsp3) is 0.647. The molecule has 0 radical (unpaired) electrons. The normalized spacial score (nSPS) is 14.4. The van der Waals surface area contributed by atoms with Gasteiger partial charge in [-0.25, -0.2) is 0 Å². The zero-order chi connectivity index (χ0) is 13.4. The van der Waals surface area contributed by atoms with Crippen LogP contribution in [0.15, 0.2) is 24.3 Å². The first-order valence-corrected chi connectivity index (χ1v) is 7.46. The van der Waals surface area contributed by atoms with Gasteiger partial charge >= 0.3 is 0 Å². The van der Waals surface area contributed by atoms with E-state index < -0.39 is 0 Å². The van der Waals surface area contributed by atoms with Gasteiger partial charge in [-0.1, -0.05) is 57.0 Å². The summed E-state index contributed by atoms with van der Waals surface area (Å²) >= 11 is 0. The van der Waals surface area contributed by atoms with E-state index in [0.29, 0.717) is 6.04 Å². The van der Waals surface area contributed by atoms with Crippen molar-refractivity contribution in [1.29, 1.82) is 0 Å². The summed E-state index contributed by atoms with van der Waals surface area (Å²) in [5.74, 6) is 0.778. The summed E-state index contributed by atoms with van der Waals surface area (Å²) in [6.07, 6.45) is 5.04. The summed E-state index contributed by atoms with van der Waals surface area (Å²) in [6, 6.07) is 9.63. The van der Waals surface area contributed by atoms with Crippen molar-refractivity contribution in [2.45, 2.75) is 59.4 Å². The minimum Gasteiger partial charge on any atom is -0.314 e. The van der Waals surface area contributed by atoms with E-state index in [-0.39, 0.29) is 0 Å². The Bertz CT molecular complexity index is 315. The summed E-state index contributed by atoms with van der Waals surface area (Å²) in [5, 5.41) is 3.65. The van der Waals surface area contributed by atoms with Gasteiger partial charge in [0.1, 0.15) is 0 Å². The quantitative estimate of drug-likeness (QED) is 0.720. The Kier molecular flexibility index (Phi) is 7.04. The molecule has 0 fully saturated rings. The fourth-order valence-corrected chi connectivity index (χ4v) is 2.58. The minimum atomic E-state index is 0.663. The smallest absolute Gasteiger partial charge is 0.00957 e. The summed E-state index contributed by atoms with van der Waals surface area (Å²) in [4.78, 5) is 0. The van der Waals surface area contributed by atoms with Crippen molar-refractivity contribution in [2.75, 3.05) is 6.54 Å². The average Bonchev–Trinajstić information content (AvgIpc) is 2.36. The largest absolute Gasteiger partial charge is 0.314 e. The van der Waals surface area contributed by atoms with Crippen molar-refractivity contribution in [3.8, 4) is 0 Å². The average molecular weight is 247 g/mol. The number of hydrogen-bond acceptors (Lipinski definition) is 1. The molecule has 2 atom stereocenters. The maximum absolute atomic E-state index is 3.65. The van der Waals surface area contributed by atoms with Gasteiger partial charge < -0.3 is 5.32 Å². The highest BCUT2D eigenvalue weighted by atomic mass is 14.9. The molecule has 102 valence electrons. The van der Waals surface area contributed by atoms with Crippen LogP contribution in [0.1, 0.15) is 51.2 Å². The van der Waals surface area contributed by atoms with Crippen LogP contribution in [0.2, 0.25) is 0 Å². The summed E-state index contributed by atoms with van der Waals surface area (Å²) in [6.45, 7) is 10.1. The standard InChI is InChI=1S/C17H29N/c1-5-7-15(4)17(18-6-2)13-12-16-10-8-14(3)9-11-16/h8-11,15,17-18H,5-7,12-13H2,1-4H3. The molecule has 0 bridgehead atoms. The lowest BCUT2D eigenvalue weighted by molar-refractivity contribution is 0.342. The van der Waals surface area contributed by atoms with Gasteiger partial charge in [-0.2, -0.15) is 0 Å². The van der Waals surface area contributed by atoms with Gasteiger partial charge in [-0.15, -0.1) is 0 Å². The van der Waals surface area contributed by atoms with Crippen molar-refractivity contribution >= 4 is 0 Å². The zero-order valence-corrected chi connectivity index (χ0v) is 12.5. The maximum Gasteiger partial charge on any atom is 0.00957 e. The molecule has 18 heavy (non-hydrogen) atoms. The van der Waals surface area contributed by atoms with Gasteiger partial charge in [-0.05, 0) is 44.2 Å². The van der Waals surface area contributed by atoms with Crippen LogP contribution in [-0.2, 0) is 6.42 Å². The molecular weight excluding hydrogens is 218 g/mol. The van der Waals surface area contributed by atoms with Gasteiger partial charge in [0, 0.05) is 6.04 Å². The molecule has 1 rings (SSSR count). The summed E-state index contributed by atoms with van der Waals surface area (Å²) in [7, 11) is 0. The first-order valence-electron chi connectivity index (χ1n) is 7.46. The van der Waals surface area contributed by atoms with Crippen LogP contribution in [0.5, 0.6) is 0 Å². The second-order valence-electron chi connectivity index (χ2n) is 5.45. The maximum atomic E-state index is 3.65. The number of aryl methyl sites for hydroxylation is 2. The number of rotatable bonds is 8. The molecule has 1 aromatic carbocycles. The lowest BCUT2D eigenvalue weighted by atomic mass is 9.91. The molecule has 0 saturated carbocycles. The molecule has 0 aliphatic carbocycles. The van der Waals surface area contributed by atoms with Crippen molar-refractivity contribution in [3.63, 3.8) is 0 Å². The molecule has 0 amide bonds. The Morgan fingerprint density at radius 1 is 1.06 bits per heavy atom. The summed E-state index contributed by atoms with van der Waals surface area (Å²) < 4.78 is 0. The first-order chi connectivity index (χ1) is 8.67. The van der Waals surface area contributed by atoms with Crippen molar-refractivity contribution < 1.29 is 0 Å².